The average molecular weight is 318 g/mol. The third-order valence-electron chi connectivity index (χ3n) is 2.94. The van der Waals surface area contributed by atoms with Gasteiger partial charge in [0.15, 0.2) is 12.1 Å². The van der Waals surface area contributed by atoms with Crippen LogP contribution in [-0.2, 0) is 22.5 Å². The average Bonchev–Trinajstić information content (AvgIpc) is 3.03. The van der Waals surface area contributed by atoms with E-state index in [-0.39, 0.29) is 25.5 Å². The van der Waals surface area contributed by atoms with Crippen LogP contribution in [0.1, 0.15) is 28.7 Å². The van der Waals surface area contributed by atoms with Crippen LogP contribution < -0.4 is 5.32 Å². The predicted molar refractivity (Wildman–Crippen MR) is 80.8 cm³/mol. The molecule has 0 spiro atoms. The van der Waals surface area contributed by atoms with Gasteiger partial charge in [-0.15, -0.1) is 0 Å². The number of aromatic nitrogens is 1. The van der Waals surface area contributed by atoms with E-state index in [1.807, 2.05) is 30.3 Å². The van der Waals surface area contributed by atoms with Crippen molar-refractivity contribution in [2.75, 3.05) is 13.2 Å². The second kappa shape index (κ2) is 8.57. The lowest BCUT2D eigenvalue weighted by Gasteiger charge is -2.06. The van der Waals surface area contributed by atoms with E-state index in [0.717, 1.165) is 5.56 Å². The lowest BCUT2D eigenvalue weighted by atomic mass is 10.2. The van der Waals surface area contributed by atoms with Gasteiger partial charge in [0.05, 0.1) is 6.61 Å². The van der Waals surface area contributed by atoms with E-state index in [4.69, 9.17) is 13.9 Å². The Labute approximate surface area is 133 Å². The van der Waals surface area contributed by atoms with E-state index >= 15 is 0 Å². The Morgan fingerprint density at radius 3 is 2.74 bits per heavy atom. The van der Waals surface area contributed by atoms with Crippen LogP contribution in [-0.4, -0.2) is 30.2 Å². The smallest absolute Gasteiger partial charge is 0.407 e. The summed E-state index contributed by atoms with van der Waals surface area (Å²) in [6.07, 6.45) is 0.954. The number of rotatable bonds is 7. The molecule has 0 aliphatic carbocycles. The van der Waals surface area contributed by atoms with Crippen LogP contribution in [0.2, 0.25) is 0 Å². The van der Waals surface area contributed by atoms with Crippen LogP contribution in [0.5, 0.6) is 0 Å². The molecule has 0 unspecified atom stereocenters. The van der Waals surface area contributed by atoms with Crippen LogP contribution in [0.15, 0.2) is 41.1 Å². The fraction of sp³-hybridized carbons (Fsp3) is 0.312. The maximum absolute atomic E-state index is 11.6. The highest BCUT2D eigenvalue weighted by atomic mass is 16.5. The predicted octanol–water partition coefficient (Wildman–Crippen LogP) is 2.32. The van der Waals surface area contributed by atoms with Crippen molar-refractivity contribution in [1.29, 1.82) is 0 Å². The van der Waals surface area contributed by atoms with Gasteiger partial charge in [-0.25, -0.2) is 14.6 Å². The number of hydrogen-bond acceptors (Lipinski definition) is 6. The van der Waals surface area contributed by atoms with Gasteiger partial charge in [-0.3, -0.25) is 0 Å². The highest BCUT2D eigenvalue weighted by molar-refractivity contribution is 5.88. The number of nitrogens with zero attached hydrogens (tertiary/aromatic N) is 1. The molecule has 1 aromatic carbocycles. The maximum atomic E-state index is 11.6. The first kappa shape index (κ1) is 16.5. The molecule has 1 heterocycles. The fourth-order valence-corrected chi connectivity index (χ4v) is 1.87. The van der Waals surface area contributed by atoms with E-state index in [2.05, 4.69) is 10.3 Å². The van der Waals surface area contributed by atoms with Crippen molar-refractivity contribution in [3.05, 3.63) is 53.7 Å². The quantitative estimate of drug-likeness (QED) is 0.788. The third kappa shape index (κ3) is 5.14. The summed E-state index contributed by atoms with van der Waals surface area (Å²) in [7, 11) is 0. The third-order valence-corrected chi connectivity index (χ3v) is 2.94. The van der Waals surface area contributed by atoms with E-state index in [1.54, 1.807) is 6.92 Å². The number of carbonyl (C=O) groups excluding carboxylic acids is 2. The Balaban J connectivity index is 1.73. The van der Waals surface area contributed by atoms with Gasteiger partial charge in [-0.05, 0) is 12.5 Å². The molecule has 23 heavy (non-hydrogen) atoms. The zero-order chi connectivity index (χ0) is 16.5. The minimum atomic E-state index is -0.539. The summed E-state index contributed by atoms with van der Waals surface area (Å²) >= 11 is 0. The van der Waals surface area contributed by atoms with Crippen molar-refractivity contribution in [2.24, 2.45) is 0 Å². The van der Waals surface area contributed by atoms with Gasteiger partial charge >= 0.3 is 12.1 Å². The number of ether oxygens (including phenoxy) is 2. The molecule has 1 amide bonds. The molecular weight excluding hydrogens is 300 g/mol. The largest absolute Gasteiger partial charge is 0.461 e. The molecule has 1 aromatic heterocycles. The molecule has 0 bridgehead atoms. The molecule has 122 valence electrons. The number of hydrogen-bond donors (Lipinski definition) is 1. The second-order valence-corrected chi connectivity index (χ2v) is 4.58. The molecule has 2 aromatic rings. The van der Waals surface area contributed by atoms with Crippen LogP contribution in [0.25, 0.3) is 0 Å². The molecule has 7 heteroatoms. The van der Waals surface area contributed by atoms with Gasteiger partial charge in [0, 0.05) is 13.0 Å². The van der Waals surface area contributed by atoms with Crippen molar-refractivity contribution in [2.45, 2.75) is 20.0 Å². The van der Waals surface area contributed by atoms with E-state index in [0.29, 0.717) is 12.2 Å². The van der Waals surface area contributed by atoms with Gasteiger partial charge in [0.25, 0.3) is 0 Å². The Morgan fingerprint density at radius 1 is 1.22 bits per heavy atom. The van der Waals surface area contributed by atoms with Crippen molar-refractivity contribution in [1.82, 2.24) is 10.3 Å². The summed E-state index contributed by atoms with van der Waals surface area (Å²) in [6, 6.07) is 9.37. The SMILES string of the molecule is CCOC(=O)c1ncoc1CCNC(=O)OCc1ccccc1. The zero-order valence-electron chi connectivity index (χ0n) is 12.8. The number of benzene rings is 1. The molecular formula is C16H18N2O5. The Kier molecular flexibility index (Phi) is 6.17. The van der Waals surface area contributed by atoms with E-state index in [9.17, 15) is 9.59 Å². The van der Waals surface area contributed by atoms with Crippen LogP contribution in [0, 0.1) is 0 Å². The topological polar surface area (TPSA) is 90.7 Å². The molecule has 0 radical (unpaired) electrons. The molecule has 0 aliphatic rings. The summed E-state index contributed by atoms with van der Waals surface area (Å²) in [5, 5.41) is 2.59. The molecule has 7 nitrogen and oxygen atoms in total. The lowest BCUT2D eigenvalue weighted by molar-refractivity contribution is 0.0517. The Hall–Kier alpha value is -2.83. The van der Waals surface area contributed by atoms with Crippen LogP contribution in [0.4, 0.5) is 4.79 Å². The highest BCUT2D eigenvalue weighted by Crippen LogP contribution is 2.09. The molecule has 0 fully saturated rings. The Bertz CT molecular complexity index is 639. The van der Waals surface area contributed by atoms with E-state index < -0.39 is 12.1 Å². The lowest BCUT2D eigenvalue weighted by Crippen LogP contribution is -2.26. The van der Waals surface area contributed by atoms with Crippen LogP contribution >= 0.6 is 0 Å². The monoisotopic (exact) mass is 318 g/mol. The number of carbonyl (C=O) groups is 2. The molecule has 0 aliphatic heterocycles. The fourth-order valence-electron chi connectivity index (χ4n) is 1.87. The molecule has 0 saturated heterocycles. The van der Waals surface area contributed by atoms with Crippen LogP contribution in [0.3, 0.4) is 0 Å². The van der Waals surface area contributed by atoms with Gasteiger partial charge in [0.2, 0.25) is 0 Å². The second-order valence-electron chi connectivity index (χ2n) is 4.58. The zero-order valence-corrected chi connectivity index (χ0v) is 12.8. The summed E-state index contributed by atoms with van der Waals surface area (Å²) in [5.74, 6) is -0.172. The summed E-state index contributed by atoms with van der Waals surface area (Å²) in [4.78, 5) is 27.0. The maximum Gasteiger partial charge on any atom is 0.407 e. The molecule has 0 saturated carbocycles. The summed E-state index contributed by atoms with van der Waals surface area (Å²) in [6.45, 7) is 2.43. The summed E-state index contributed by atoms with van der Waals surface area (Å²) in [5.41, 5.74) is 1.04. The normalized spacial score (nSPS) is 10.1. The number of esters is 1. The first-order valence-electron chi connectivity index (χ1n) is 7.24. The van der Waals surface area contributed by atoms with Gasteiger partial charge in [-0.2, -0.15) is 0 Å². The molecule has 1 N–H and O–H groups in total. The van der Waals surface area contributed by atoms with Crippen molar-refractivity contribution < 1.29 is 23.5 Å². The highest BCUT2D eigenvalue weighted by Gasteiger charge is 2.17. The molecule has 2 rings (SSSR count). The minimum Gasteiger partial charge on any atom is -0.461 e. The number of nitrogens with one attached hydrogen (secondary N) is 1. The first-order valence-corrected chi connectivity index (χ1v) is 7.24. The number of alkyl carbamates (subject to hydrolysis) is 1. The molecule has 0 atom stereocenters. The summed E-state index contributed by atoms with van der Waals surface area (Å²) < 4.78 is 15.1. The number of oxazole rings is 1. The van der Waals surface area contributed by atoms with Crippen molar-refractivity contribution >= 4 is 12.1 Å². The van der Waals surface area contributed by atoms with Gasteiger partial charge in [-0.1, -0.05) is 30.3 Å². The first-order chi connectivity index (χ1) is 11.2. The number of amides is 1. The van der Waals surface area contributed by atoms with Gasteiger partial charge in [0.1, 0.15) is 12.4 Å². The minimum absolute atomic E-state index is 0.131. The van der Waals surface area contributed by atoms with Crippen molar-refractivity contribution in [3.8, 4) is 0 Å². The van der Waals surface area contributed by atoms with Crippen molar-refractivity contribution in [3.63, 3.8) is 0 Å². The standard InChI is InChI=1S/C16H18N2O5/c1-2-21-15(19)14-13(23-11-18-14)8-9-17-16(20)22-10-12-6-4-3-5-7-12/h3-7,11H,2,8-10H2,1H3,(H,17,20). The Morgan fingerprint density at radius 2 is 2.00 bits per heavy atom. The van der Waals surface area contributed by atoms with E-state index in [1.165, 1.54) is 6.39 Å². The van der Waals surface area contributed by atoms with Gasteiger partial charge < -0.3 is 19.2 Å².